The van der Waals surface area contributed by atoms with Crippen molar-refractivity contribution in [3.05, 3.63) is 35.4 Å². The molecule has 0 spiro atoms. The van der Waals surface area contributed by atoms with Gasteiger partial charge in [-0.15, -0.1) is 0 Å². The maximum Gasteiger partial charge on any atom is 0.227 e. The highest BCUT2D eigenvalue weighted by Gasteiger charge is 2.25. The summed E-state index contributed by atoms with van der Waals surface area (Å²) >= 11 is 0. The van der Waals surface area contributed by atoms with Crippen molar-refractivity contribution in [2.75, 3.05) is 13.1 Å². The second-order valence-corrected chi connectivity index (χ2v) is 5.83. The third kappa shape index (κ3) is 4.07. The van der Waals surface area contributed by atoms with Crippen molar-refractivity contribution in [1.82, 2.24) is 4.90 Å². The van der Waals surface area contributed by atoms with Crippen LogP contribution in [0.25, 0.3) is 0 Å². The first-order valence-electron chi connectivity index (χ1n) is 7.76. The van der Waals surface area contributed by atoms with Crippen molar-refractivity contribution >= 4 is 5.91 Å². The van der Waals surface area contributed by atoms with E-state index in [-0.39, 0.29) is 5.91 Å². The predicted molar refractivity (Wildman–Crippen MR) is 82.5 cm³/mol. The van der Waals surface area contributed by atoms with E-state index < -0.39 is 0 Å². The van der Waals surface area contributed by atoms with Crippen molar-refractivity contribution in [2.24, 2.45) is 5.73 Å². The third-order valence-electron chi connectivity index (χ3n) is 4.16. The van der Waals surface area contributed by atoms with E-state index in [4.69, 9.17) is 5.73 Å². The van der Waals surface area contributed by atoms with E-state index in [1.54, 1.807) is 0 Å². The van der Waals surface area contributed by atoms with Gasteiger partial charge < -0.3 is 10.6 Å². The second kappa shape index (κ2) is 7.44. The van der Waals surface area contributed by atoms with Crippen molar-refractivity contribution in [1.29, 1.82) is 0 Å². The first kappa shape index (κ1) is 15.0. The number of amides is 1. The molecule has 0 aromatic heterocycles. The number of hydrogen-bond acceptors (Lipinski definition) is 2. The number of carbonyl (C=O) groups excluding carboxylic acids is 1. The van der Waals surface area contributed by atoms with Crippen LogP contribution in [-0.4, -0.2) is 29.9 Å². The topological polar surface area (TPSA) is 46.3 Å². The van der Waals surface area contributed by atoms with E-state index in [9.17, 15) is 4.79 Å². The molecular formula is C17H26N2O. The van der Waals surface area contributed by atoms with Gasteiger partial charge in [0.15, 0.2) is 0 Å². The molecule has 0 aliphatic heterocycles. The first-order valence-corrected chi connectivity index (χ1v) is 7.76. The normalized spacial score (nSPS) is 15.5. The summed E-state index contributed by atoms with van der Waals surface area (Å²) in [6.45, 7) is 3.53. The highest BCUT2D eigenvalue weighted by molar-refractivity contribution is 5.79. The van der Waals surface area contributed by atoms with Gasteiger partial charge in [0.1, 0.15) is 0 Å². The van der Waals surface area contributed by atoms with E-state index in [2.05, 4.69) is 36.1 Å². The van der Waals surface area contributed by atoms with Gasteiger partial charge in [-0.3, -0.25) is 4.79 Å². The molecule has 1 aliphatic carbocycles. The molecule has 1 aliphatic rings. The van der Waals surface area contributed by atoms with Crippen LogP contribution in [0.1, 0.15) is 43.2 Å². The zero-order valence-electron chi connectivity index (χ0n) is 12.5. The summed E-state index contributed by atoms with van der Waals surface area (Å²) < 4.78 is 0. The summed E-state index contributed by atoms with van der Waals surface area (Å²) in [5.41, 5.74) is 7.95. The van der Waals surface area contributed by atoms with Gasteiger partial charge in [0.2, 0.25) is 5.91 Å². The molecule has 3 heteroatoms. The quantitative estimate of drug-likeness (QED) is 0.867. The average Bonchev–Trinajstić information content (AvgIpc) is 2.96. The van der Waals surface area contributed by atoms with Crippen LogP contribution in [0.2, 0.25) is 0 Å². The highest BCUT2D eigenvalue weighted by Crippen LogP contribution is 2.24. The number of nitrogens with zero attached hydrogens (tertiary/aromatic N) is 1. The standard InChI is InChI=1S/C17H26N2O/c1-14-7-9-15(10-8-14)13-17(20)19(12-4-11-18)16-5-2-3-6-16/h7-10,16H,2-6,11-13,18H2,1H3. The Balaban J connectivity index is 1.99. The molecule has 1 aromatic rings. The molecule has 0 heterocycles. The fourth-order valence-electron chi connectivity index (χ4n) is 2.97. The third-order valence-corrected chi connectivity index (χ3v) is 4.16. The molecule has 0 atom stereocenters. The number of aryl methyl sites for hydroxylation is 1. The lowest BCUT2D eigenvalue weighted by molar-refractivity contribution is -0.132. The monoisotopic (exact) mass is 274 g/mol. The molecule has 3 nitrogen and oxygen atoms in total. The van der Waals surface area contributed by atoms with Gasteiger partial charge in [0.05, 0.1) is 6.42 Å². The maximum atomic E-state index is 12.6. The Morgan fingerprint density at radius 3 is 2.50 bits per heavy atom. The van der Waals surface area contributed by atoms with E-state index in [0.29, 0.717) is 19.0 Å². The van der Waals surface area contributed by atoms with Crippen LogP contribution in [0.15, 0.2) is 24.3 Å². The molecule has 0 bridgehead atoms. The van der Waals surface area contributed by atoms with Crippen molar-refractivity contribution in [2.45, 2.75) is 51.5 Å². The Morgan fingerprint density at radius 1 is 1.25 bits per heavy atom. The summed E-state index contributed by atoms with van der Waals surface area (Å²) in [5, 5.41) is 0. The van der Waals surface area contributed by atoms with E-state index in [0.717, 1.165) is 31.4 Å². The Labute approximate surface area is 122 Å². The Bertz CT molecular complexity index is 421. The maximum absolute atomic E-state index is 12.6. The molecule has 1 amide bonds. The van der Waals surface area contributed by atoms with Gasteiger partial charge in [-0.2, -0.15) is 0 Å². The van der Waals surface area contributed by atoms with Gasteiger partial charge in [-0.05, 0) is 38.3 Å². The van der Waals surface area contributed by atoms with Gasteiger partial charge in [0, 0.05) is 12.6 Å². The summed E-state index contributed by atoms with van der Waals surface area (Å²) in [6, 6.07) is 8.70. The highest BCUT2D eigenvalue weighted by atomic mass is 16.2. The number of nitrogens with two attached hydrogens (primary N) is 1. The predicted octanol–water partition coefficient (Wildman–Crippen LogP) is 2.66. The molecule has 2 N–H and O–H groups in total. The van der Waals surface area contributed by atoms with Gasteiger partial charge in [-0.1, -0.05) is 42.7 Å². The summed E-state index contributed by atoms with van der Waals surface area (Å²) in [7, 11) is 0. The molecule has 110 valence electrons. The second-order valence-electron chi connectivity index (χ2n) is 5.83. The molecule has 1 fully saturated rings. The molecule has 20 heavy (non-hydrogen) atoms. The lowest BCUT2D eigenvalue weighted by atomic mass is 10.1. The van der Waals surface area contributed by atoms with Crippen LogP contribution in [-0.2, 0) is 11.2 Å². The molecule has 0 radical (unpaired) electrons. The Kier molecular flexibility index (Phi) is 5.60. The lowest BCUT2D eigenvalue weighted by Gasteiger charge is -2.29. The minimum absolute atomic E-state index is 0.259. The molecule has 0 saturated heterocycles. The van der Waals surface area contributed by atoms with Crippen molar-refractivity contribution in [3.63, 3.8) is 0 Å². The zero-order valence-corrected chi connectivity index (χ0v) is 12.5. The molecule has 2 rings (SSSR count). The summed E-state index contributed by atoms with van der Waals surface area (Å²) in [6.07, 6.45) is 6.23. The van der Waals surface area contributed by atoms with Crippen LogP contribution in [0, 0.1) is 6.92 Å². The van der Waals surface area contributed by atoms with Crippen molar-refractivity contribution < 1.29 is 4.79 Å². The zero-order chi connectivity index (χ0) is 14.4. The van der Waals surface area contributed by atoms with E-state index >= 15 is 0 Å². The average molecular weight is 274 g/mol. The van der Waals surface area contributed by atoms with Gasteiger partial charge in [-0.25, -0.2) is 0 Å². The first-order chi connectivity index (χ1) is 9.70. The van der Waals surface area contributed by atoms with Gasteiger partial charge >= 0.3 is 0 Å². The molecule has 0 unspecified atom stereocenters. The van der Waals surface area contributed by atoms with Crippen LogP contribution in [0.5, 0.6) is 0 Å². The van der Waals surface area contributed by atoms with E-state index in [1.165, 1.54) is 18.4 Å². The van der Waals surface area contributed by atoms with Gasteiger partial charge in [0.25, 0.3) is 0 Å². The Morgan fingerprint density at radius 2 is 1.90 bits per heavy atom. The Hall–Kier alpha value is -1.35. The molecule has 1 aromatic carbocycles. The van der Waals surface area contributed by atoms with Crippen LogP contribution in [0.4, 0.5) is 0 Å². The molecule has 1 saturated carbocycles. The lowest BCUT2D eigenvalue weighted by Crippen LogP contribution is -2.41. The van der Waals surface area contributed by atoms with Crippen LogP contribution in [0.3, 0.4) is 0 Å². The minimum Gasteiger partial charge on any atom is -0.339 e. The van der Waals surface area contributed by atoms with Crippen molar-refractivity contribution in [3.8, 4) is 0 Å². The SMILES string of the molecule is Cc1ccc(CC(=O)N(CCCN)C2CCCC2)cc1. The number of hydrogen-bond donors (Lipinski definition) is 1. The van der Waals surface area contributed by atoms with Crippen LogP contribution < -0.4 is 5.73 Å². The smallest absolute Gasteiger partial charge is 0.227 e. The minimum atomic E-state index is 0.259. The number of benzene rings is 1. The van der Waals surface area contributed by atoms with E-state index in [1.807, 2.05) is 0 Å². The summed E-state index contributed by atoms with van der Waals surface area (Å²) in [5.74, 6) is 0.259. The molecular weight excluding hydrogens is 248 g/mol. The van der Waals surface area contributed by atoms with Crippen LogP contribution >= 0.6 is 0 Å². The fourth-order valence-corrected chi connectivity index (χ4v) is 2.97. The number of carbonyl (C=O) groups is 1. The summed E-state index contributed by atoms with van der Waals surface area (Å²) in [4.78, 5) is 14.7. The fraction of sp³-hybridized carbons (Fsp3) is 0.588. The largest absolute Gasteiger partial charge is 0.339 e. The number of rotatable bonds is 6.